The van der Waals surface area contributed by atoms with Crippen molar-refractivity contribution in [2.45, 2.75) is 11.3 Å². The number of hydrogen-bond donors (Lipinski definition) is 0. The van der Waals surface area contributed by atoms with Crippen LogP contribution in [0.25, 0.3) is 0 Å². The molecule has 0 N–H and O–H groups in total. The highest BCUT2D eigenvalue weighted by molar-refractivity contribution is 7.99. The summed E-state index contributed by atoms with van der Waals surface area (Å²) in [6.45, 7) is 7.42. The van der Waals surface area contributed by atoms with Crippen molar-refractivity contribution in [3.05, 3.63) is 55.1 Å². The van der Waals surface area contributed by atoms with Crippen LogP contribution in [0.5, 0.6) is 0 Å². The highest BCUT2D eigenvalue weighted by Gasteiger charge is 1.93. The minimum Gasteiger partial charge on any atom is -0.122 e. The summed E-state index contributed by atoms with van der Waals surface area (Å²) >= 11 is 1.81. The van der Waals surface area contributed by atoms with Crippen LogP contribution in [0.3, 0.4) is 0 Å². The van der Waals surface area contributed by atoms with Crippen molar-refractivity contribution in [2.75, 3.05) is 5.75 Å². The Bertz CT molecular complexity index is 289. The Morgan fingerprint density at radius 2 is 2.08 bits per heavy atom. The second kappa shape index (κ2) is 5.65. The van der Waals surface area contributed by atoms with Gasteiger partial charge in [0.25, 0.3) is 0 Å². The van der Waals surface area contributed by atoms with Crippen LogP contribution >= 0.6 is 11.8 Å². The van der Waals surface area contributed by atoms with Crippen LogP contribution in [0.4, 0.5) is 0 Å². The largest absolute Gasteiger partial charge is 0.122 e. The minimum atomic E-state index is 0.947. The maximum absolute atomic E-state index is 3.72. The molecule has 1 heteroatoms. The molecule has 0 spiro atoms. The maximum Gasteiger partial charge on any atom is 0.0158 e. The Kier molecular flexibility index (Phi) is 4.41. The highest BCUT2D eigenvalue weighted by atomic mass is 32.2. The highest BCUT2D eigenvalue weighted by Crippen LogP contribution is 2.19. The fourth-order valence-electron chi connectivity index (χ4n) is 1.08. The van der Waals surface area contributed by atoms with Crippen LogP contribution in [0.15, 0.2) is 54.5 Å². The van der Waals surface area contributed by atoms with Gasteiger partial charge in [-0.3, -0.25) is 0 Å². The molecule has 0 fully saturated rings. The van der Waals surface area contributed by atoms with E-state index in [1.54, 1.807) is 0 Å². The molecule has 1 aromatic rings. The number of rotatable bonds is 5. The Labute approximate surface area is 84.4 Å². The average Bonchev–Trinajstić information content (AvgIpc) is 2.16. The number of benzene rings is 1. The van der Waals surface area contributed by atoms with Gasteiger partial charge in [-0.25, -0.2) is 0 Å². The number of hydrogen-bond acceptors (Lipinski definition) is 1. The molecule has 0 radical (unpaired) electrons. The van der Waals surface area contributed by atoms with E-state index < -0.39 is 0 Å². The lowest BCUT2D eigenvalue weighted by Gasteiger charge is -2.01. The van der Waals surface area contributed by atoms with E-state index >= 15 is 0 Å². The van der Waals surface area contributed by atoms with Crippen LogP contribution in [0.2, 0.25) is 0 Å². The lowest BCUT2D eigenvalue weighted by Crippen LogP contribution is -1.81. The van der Waals surface area contributed by atoms with Gasteiger partial charge in [-0.15, -0.1) is 24.9 Å². The molecule has 0 saturated carbocycles. The van der Waals surface area contributed by atoms with E-state index in [1.807, 2.05) is 23.9 Å². The lowest BCUT2D eigenvalue weighted by atomic mass is 10.2. The van der Waals surface area contributed by atoms with Gasteiger partial charge in [0.2, 0.25) is 0 Å². The summed E-state index contributed by atoms with van der Waals surface area (Å²) < 4.78 is 0. The molecule has 13 heavy (non-hydrogen) atoms. The van der Waals surface area contributed by atoms with Crippen molar-refractivity contribution in [3.63, 3.8) is 0 Å². The van der Waals surface area contributed by atoms with Gasteiger partial charge in [0.1, 0.15) is 0 Å². The SMILES string of the molecule is C=CCSc1cccc(CC=C)c1. The molecular formula is C12H14S. The molecule has 0 aliphatic carbocycles. The predicted molar refractivity (Wildman–Crippen MR) is 61.3 cm³/mol. The maximum atomic E-state index is 3.72. The van der Waals surface area contributed by atoms with E-state index in [9.17, 15) is 0 Å². The first-order valence-corrected chi connectivity index (χ1v) is 5.29. The smallest absolute Gasteiger partial charge is 0.0158 e. The summed E-state index contributed by atoms with van der Waals surface area (Å²) in [5.41, 5.74) is 1.32. The zero-order valence-corrected chi connectivity index (χ0v) is 8.52. The summed E-state index contributed by atoms with van der Waals surface area (Å²) in [6.07, 6.45) is 4.80. The standard InChI is InChI=1S/C12H14S/c1-3-6-11-7-5-8-12(10-11)13-9-4-2/h3-5,7-8,10H,1-2,6,9H2. The molecule has 1 rings (SSSR count). The summed E-state index contributed by atoms with van der Waals surface area (Å²) in [4.78, 5) is 1.30. The van der Waals surface area contributed by atoms with Crippen molar-refractivity contribution in [1.29, 1.82) is 0 Å². The minimum absolute atomic E-state index is 0.947. The topological polar surface area (TPSA) is 0 Å². The Hall–Kier alpha value is -0.950. The van der Waals surface area contributed by atoms with E-state index in [0.29, 0.717) is 0 Å². The van der Waals surface area contributed by atoms with Gasteiger partial charge >= 0.3 is 0 Å². The van der Waals surface area contributed by atoms with Crippen LogP contribution in [-0.2, 0) is 6.42 Å². The molecular weight excluding hydrogens is 176 g/mol. The van der Waals surface area contributed by atoms with E-state index in [1.165, 1.54) is 10.5 Å². The first kappa shape index (κ1) is 10.1. The van der Waals surface area contributed by atoms with Gasteiger partial charge in [0, 0.05) is 10.6 Å². The summed E-state index contributed by atoms with van der Waals surface area (Å²) in [7, 11) is 0. The van der Waals surface area contributed by atoms with Crippen molar-refractivity contribution in [3.8, 4) is 0 Å². The van der Waals surface area contributed by atoms with Gasteiger partial charge in [0.15, 0.2) is 0 Å². The average molecular weight is 190 g/mol. The van der Waals surface area contributed by atoms with E-state index in [4.69, 9.17) is 0 Å². The van der Waals surface area contributed by atoms with E-state index in [-0.39, 0.29) is 0 Å². The summed E-state index contributed by atoms with van der Waals surface area (Å²) in [5.74, 6) is 0.970. The van der Waals surface area contributed by atoms with Gasteiger partial charge in [0.05, 0.1) is 0 Å². The molecule has 0 unspecified atom stereocenters. The van der Waals surface area contributed by atoms with E-state index in [0.717, 1.165) is 12.2 Å². The Morgan fingerprint density at radius 3 is 2.77 bits per heavy atom. The number of allylic oxidation sites excluding steroid dienone is 1. The summed E-state index contributed by atoms with van der Waals surface area (Å²) in [6, 6.07) is 8.54. The van der Waals surface area contributed by atoms with Gasteiger partial charge < -0.3 is 0 Å². The van der Waals surface area contributed by atoms with Gasteiger partial charge in [-0.1, -0.05) is 24.3 Å². The fraction of sp³-hybridized carbons (Fsp3) is 0.167. The second-order valence-electron chi connectivity index (χ2n) is 2.74. The predicted octanol–water partition coefficient (Wildman–Crippen LogP) is 3.69. The molecule has 1 aromatic carbocycles. The van der Waals surface area contributed by atoms with Crippen molar-refractivity contribution in [1.82, 2.24) is 0 Å². The first-order chi connectivity index (χ1) is 6.36. The molecule has 0 saturated heterocycles. The molecule has 0 aliphatic heterocycles. The van der Waals surface area contributed by atoms with Crippen molar-refractivity contribution < 1.29 is 0 Å². The Morgan fingerprint density at radius 1 is 1.23 bits per heavy atom. The van der Waals surface area contributed by atoms with Crippen LogP contribution in [0.1, 0.15) is 5.56 Å². The van der Waals surface area contributed by atoms with Gasteiger partial charge in [-0.05, 0) is 24.1 Å². The van der Waals surface area contributed by atoms with Crippen molar-refractivity contribution in [2.24, 2.45) is 0 Å². The van der Waals surface area contributed by atoms with Crippen LogP contribution < -0.4 is 0 Å². The fourth-order valence-corrected chi connectivity index (χ4v) is 1.80. The lowest BCUT2D eigenvalue weighted by molar-refractivity contribution is 1.24. The third-order valence-corrected chi connectivity index (χ3v) is 2.64. The van der Waals surface area contributed by atoms with E-state index in [2.05, 4.69) is 37.4 Å². The molecule has 0 bridgehead atoms. The van der Waals surface area contributed by atoms with Gasteiger partial charge in [-0.2, -0.15) is 0 Å². The third-order valence-electron chi connectivity index (χ3n) is 1.65. The summed E-state index contributed by atoms with van der Waals surface area (Å²) in [5, 5.41) is 0. The molecule has 0 amide bonds. The molecule has 0 aliphatic rings. The number of thioether (sulfide) groups is 1. The molecule has 0 atom stereocenters. The van der Waals surface area contributed by atoms with Crippen molar-refractivity contribution >= 4 is 11.8 Å². The monoisotopic (exact) mass is 190 g/mol. The zero-order chi connectivity index (χ0) is 9.52. The molecule has 0 nitrogen and oxygen atoms in total. The normalized spacial score (nSPS) is 9.54. The van der Waals surface area contributed by atoms with Crippen LogP contribution in [0, 0.1) is 0 Å². The second-order valence-corrected chi connectivity index (χ2v) is 3.83. The molecule has 0 heterocycles. The molecule has 68 valence electrons. The third kappa shape index (κ3) is 3.51. The first-order valence-electron chi connectivity index (χ1n) is 4.30. The molecule has 0 aromatic heterocycles. The quantitative estimate of drug-likeness (QED) is 0.504. The van der Waals surface area contributed by atoms with Crippen LogP contribution in [-0.4, -0.2) is 5.75 Å². The Balaban J connectivity index is 2.66. The zero-order valence-electron chi connectivity index (χ0n) is 7.70.